The molecule has 0 amide bonds. The van der Waals surface area contributed by atoms with Gasteiger partial charge in [-0.25, -0.2) is 14.8 Å². The molecule has 1 aliphatic rings. The Kier molecular flexibility index (Phi) is 6.27. The Morgan fingerprint density at radius 2 is 1.89 bits per heavy atom. The maximum Gasteiger partial charge on any atom is 0.343 e. The third-order valence-electron chi connectivity index (χ3n) is 5.07. The highest BCUT2D eigenvalue weighted by molar-refractivity contribution is 5.94. The molecular formula is C21H27N3O3. The van der Waals surface area contributed by atoms with Crippen LogP contribution >= 0.6 is 0 Å². The molecule has 0 radical (unpaired) electrons. The molecule has 6 heteroatoms. The van der Waals surface area contributed by atoms with Gasteiger partial charge in [0.05, 0.1) is 13.7 Å². The summed E-state index contributed by atoms with van der Waals surface area (Å²) in [6.45, 7) is 2.13. The molecule has 1 aromatic carbocycles. The van der Waals surface area contributed by atoms with Crippen LogP contribution in [-0.4, -0.2) is 42.7 Å². The van der Waals surface area contributed by atoms with E-state index in [9.17, 15) is 4.79 Å². The van der Waals surface area contributed by atoms with E-state index in [0.29, 0.717) is 29.9 Å². The van der Waals surface area contributed by atoms with Crippen LogP contribution in [0.15, 0.2) is 30.5 Å². The lowest BCUT2D eigenvalue weighted by Gasteiger charge is -2.33. The molecule has 27 heavy (non-hydrogen) atoms. The number of rotatable bonds is 6. The summed E-state index contributed by atoms with van der Waals surface area (Å²) in [7, 11) is 3.65. The van der Waals surface area contributed by atoms with Crippen molar-refractivity contribution >= 4 is 11.8 Å². The van der Waals surface area contributed by atoms with Crippen LogP contribution in [0.1, 0.15) is 49.4 Å². The van der Waals surface area contributed by atoms with E-state index in [4.69, 9.17) is 14.5 Å². The number of anilines is 1. The van der Waals surface area contributed by atoms with Crippen LogP contribution < -0.4 is 9.64 Å². The monoisotopic (exact) mass is 369 g/mol. The molecule has 144 valence electrons. The van der Waals surface area contributed by atoms with Gasteiger partial charge in [-0.2, -0.15) is 0 Å². The van der Waals surface area contributed by atoms with Gasteiger partial charge < -0.3 is 14.4 Å². The maximum atomic E-state index is 12.4. The van der Waals surface area contributed by atoms with Gasteiger partial charge in [0.1, 0.15) is 17.1 Å². The van der Waals surface area contributed by atoms with Gasteiger partial charge in [-0.1, -0.05) is 19.3 Å². The van der Waals surface area contributed by atoms with E-state index in [1.54, 1.807) is 20.2 Å². The summed E-state index contributed by atoms with van der Waals surface area (Å²) in [6, 6.07) is 7.97. The molecule has 1 aliphatic carbocycles. The number of hydrogen-bond acceptors (Lipinski definition) is 6. The topological polar surface area (TPSA) is 64.5 Å². The van der Waals surface area contributed by atoms with Crippen molar-refractivity contribution in [3.63, 3.8) is 0 Å². The summed E-state index contributed by atoms with van der Waals surface area (Å²) < 4.78 is 10.4. The smallest absolute Gasteiger partial charge is 0.343 e. The molecule has 0 aliphatic heterocycles. The van der Waals surface area contributed by atoms with Crippen LogP contribution in [0.25, 0.3) is 11.4 Å². The predicted molar refractivity (Wildman–Crippen MR) is 105 cm³/mol. The van der Waals surface area contributed by atoms with E-state index in [2.05, 4.69) is 9.88 Å². The first-order valence-electron chi connectivity index (χ1n) is 9.55. The summed E-state index contributed by atoms with van der Waals surface area (Å²) in [5, 5.41) is 0. The summed E-state index contributed by atoms with van der Waals surface area (Å²) in [6.07, 6.45) is 7.50. The first kappa shape index (κ1) is 19.1. The van der Waals surface area contributed by atoms with Crippen molar-refractivity contribution in [3.05, 3.63) is 36.0 Å². The fraction of sp³-hybridized carbons (Fsp3) is 0.476. The third-order valence-corrected chi connectivity index (χ3v) is 5.07. The molecule has 0 bridgehead atoms. The molecule has 0 atom stereocenters. The van der Waals surface area contributed by atoms with Gasteiger partial charge in [0.15, 0.2) is 5.82 Å². The number of aromatic nitrogens is 2. The largest absolute Gasteiger partial charge is 0.497 e. The number of hydrogen-bond donors (Lipinski definition) is 0. The minimum atomic E-state index is -0.378. The molecule has 0 unspecified atom stereocenters. The lowest BCUT2D eigenvalue weighted by Crippen LogP contribution is -2.35. The fourth-order valence-corrected chi connectivity index (χ4v) is 3.51. The van der Waals surface area contributed by atoms with Crippen molar-refractivity contribution in [1.82, 2.24) is 9.97 Å². The van der Waals surface area contributed by atoms with Gasteiger partial charge >= 0.3 is 5.97 Å². The summed E-state index contributed by atoms with van der Waals surface area (Å²) in [4.78, 5) is 23.7. The molecule has 0 saturated heterocycles. The number of esters is 1. The standard InChI is InChI=1S/C21H27N3O3/c1-4-27-21(25)18-14-22-19(15-10-12-17(26-3)13-11-15)23-20(18)24(2)16-8-6-5-7-9-16/h10-14,16H,4-9H2,1-3H3. The van der Waals surface area contributed by atoms with Gasteiger partial charge in [0.25, 0.3) is 0 Å². The molecule has 1 saturated carbocycles. The highest BCUT2D eigenvalue weighted by atomic mass is 16.5. The zero-order valence-corrected chi connectivity index (χ0v) is 16.3. The number of methoxy groups -OCH3 is 1. The zero-order chi connectivity index (χ0) is 19.2. The van der Waals surface area contributed by atoms with Crippen LogP contribution in [0.2, 0.25) is 0 Å². The molecule has 0 spiro atoms. The van der Waals surface area contributed by atoms with Gasteiger partial charge in [-0.15, -0.1) is 0 Å². The van der Waals surface area contributed by atoms with Gasteiger partial charge in [0.2, 0.25) is 0 Å². The summed E-state index contributed by atoms with van der Waals surface area (Å²) in [5.74, 6) is 1.63. The number of carbonyl (C=O) groups excluding carboxylic acids is 1. The first-order valence-corrected chi connectivity index (χ1v) is 9.55. The van der Waals surface area contributed by atoms with Crippen LogP contribution in [0.4, 0.5) is 5.82 Å². The van der Waals surface area contributed by atoms with Crippen molar-refractivity contribution in [2.24, 2.45) is 0 Å². The Balaban J connectivity index is 1.98. The van der Waals surface area contributed by atoms with Gasteiger partial charge in [0, 0.05) is 24.8 Å². The van der Waals surface area contributed by atoms with Crippen molar-refractivity contribution in [3.8, 4) is 17.1 Å². The SMILES string of the molecule is CCOC(=O)c1cnc(-c2ccc(OC)cc2)nc1N(C)C1CCCCC1. The first-order chi connectivity index (χ1) is 13.1. The molecule has 6 nitrogen and oxygen atoms in total. The highest BCUT2D eigenvalue weighted by Crippen LogP contribution is 2.29. The van der Waals surface area contributed by atoms with Gasteiger partial charge in [-0.05, 0) is 44.0 Å². The van der Waals surface area contributed by atoms with Crippen LogP contribution in [0.3, 0.4) is 0 Å². The van der Waals surface area contributed by atoms with E-state index in [-0.39, 0.29) is 5.97 Å². The summed E-state index contributed by atoms with van der Waals surface area (Å²) in [5.41, 5.74) is 1.30. The predicted octanol–water partition coefficient (Wildman–Crippen LogP) is 4.10. The second kappa shape index (κ2) is 8.84. The average Bonchev–Trinajstić information content (AvgIpc) is 2.73. The van der Waals surface area contributed by atoms with Crippen molar-refractivity contribution in [1.29, 1.82) is 0 Å². The van der Waals surface area contributed by atoms with E-state index < -0.39 is 0 Å². The second-order valence-electron chi connectivity index (χ2n) is 6.78. The van der Waals surface area contributed by atoms with Crippen molar-refractivity contribution < 1.29 is 14.3 Å². The molecule has 1 aromatic heterocycles. The Labute approximate surface area is 160 Å². The van der Waals surface area contributed by atoms with Crippen LogP contribution in [-0.2, 0) is 4.74 Å². The minimum absolute atomic E-state index is 0.325. The Bertz CT molecular complexity index is 771. The van der Waals surface area contributed by atoms with Gasteiger partial charge in [-0.3, -0.25) is 0 Å². The zero-order valence-electron chi connectivity index (χ0n) is 16.3. The number of nitrogens with zero attached hydrogens (tertiary/aromatic N) is 3. The molecule has 0 N–H and O–H groups in total. The van der Waals surface area contributed by atoms with Crippen molar-refractivity contribution in [2.75, 3.05) is 25.7 Å². The average molecular weight is 369 g/mol. The molecule has 1 fully saturated rings. The number of ether oxygens (including phenoxy) is 2. The Hall–Kier alpha value is -2.63. The fourth-order valence-electron chi connectivity index (χ4n) is 3.51. The summed E-state index contributed by atoms with van der Waals surface area (Å²) >= 11 is 0. The lowest BCUT2D eigenvalue weighted by atomic mass is 9.94. The lowest BCUT2D eigenvalue weighted by molar-refractivity contribution is 0.0526. The number of carbonyl (C=O) groups is 1. The van der Waals surface area contributed by atoms with E-state index in [1.807, 2.05) is 31.3 Å². The molecule has 1 heterocycles. The van der Waals surface area contributed by atoms with Crippen molar-refractivity contribution in [2.45, 2.75) is 45.1 Å². The molecule has 3 rings (SSSR count). The molecular weight excluding hydrogens is 342 g/mol. The Morgan fingerprint density at radius 3 is 2.52 bits per heavy atom. The van der Waals surface area contributed by atoms with E-state index in [1.165, 1.54) is 19.3 Å². The minimum Gasteiger partial charge on any atom is -0.497 e. The highest BCUT2D eigenvalue weighted by Gasteiger charge is 2.25. The maximum absolute atomic E-state index is 12.4. The second-order valence-corrected chi connectivity index (χ2v) is 6.78. The number of benzene rings is 1. The van der Waals surface area contributed by atoms with E-state index >= 15 is 0 Å². The van der Waals surface area contributed by atoms with Crippen LogP contribution in [0.5, 0.6) is 5.75 Å². The quantitative estimate of drug-likeness (QED) is 0.715. The normalized spacial score (nSPS) is 14.6. The van der Waals surface area contributed by atoms with E-state index in [0.717, 1.165) is 24.2 Å². The third kappa shape index (κ3) is 4.38. The Morgan fingerprint density at radius 1 is 1.19 bits per heavy atom. The van der Waals surface area contributed by atoms with Crippen LogP contribution in [0, 0.1) is 0 Å². The molecule has 2 aromatic rings.